The Morgan fingerprint density at radius 2 is 2.10 bits per heavy atom. The molecule has 2 bridgehead atoms. The third kappa shape index (κ3) is 5.07. The van der Waals surface area contributed by atoms with Crippen molar-refractivity contribution in [1.29, 1.82) is 0 Å². The first-order valence-corrected chi connectivity index (χ1v) is 10.6. The highest BCUT2D eigenvalue weighted by atomic mass is 32.3. The van der Waals surface area contributed by atoms with E-state index in [1.165, 1.54) is 4.68 Å². The van der Waals surface area contributed by atoms with Crippen LogP contribution in [0.15, 0.2) is 0 Å². The molecule has 3 heterocycles. The van der Waals surface area contributed by atoms with Crippen molar-refractivity contribution >= 4 is 28.1 Å². The van der Waals surface area contributed by atoms with E-state index in [1.807, 2.05) is 0 Å². The van der Waals surface area contributed by atoms with Gasteiger partial charge in [-0.05, 0) is 36.2 Å². The van der Waals surface area contributed by atoms with Crippen molar-refractivity contribution in [2.24, 2.45) is 5.73 Å². The second-order valence-electron chi connectivity index (χ2n) is 6.91. The van der Waals surface area contributed by atoms with E-state index < -0.39 is 34.4 Å². The molecule has 2 aliphatic rings. The molecule has 1 aromatic rings. The molecule has 0 unspecified atom stereocenters. The molecule has 1 aromatic heterocycles. The average molecular weight is 446 g/mol. The van der Waals surface area contributed by atoms with Crippen LogP contribution >= 0.6 is 0 Å². The predicted molar refractivity (Wildman–Crippen MR) is 96.6 cm³/mol. The number of carbonyl (C=O) groups is 3. The smallest absolute Gasteiger partial charge is 0.347 e. The Kier molecular flexibility index (Phi) is 6.59. The SMILES string of the molecule is NCCCc1nnnn1CC(=O)CNC(=O)[C@@H]1CC[C@@H]2CN1C(=O)N2OS(=O)(=O)O. The van der Waals surface area contributed by atoms with E-state index in [0.717, 1.165) is 4.90 Å². The molecule has 0 spiro atoms. The number of tetrazole rings is 1. The Hall–Kier alpha value is -2.69. The van der Waals surface area contributed by atoms with Crippen molar-refractivity contribution in [3.05, 3.63) is 5.82 Å². The van der Waals surface area contributed by atoms with Gasteiger partial charge in [0.1, 0.15) is 12.6 Å². The number of hydrogen-bond acceptors (Lipinski definition) is 10. The molecule has 0 saturated carbocycles. The van der Waals surface area contributed by atoms with Gasteiger partial charge in [-0.2, -0.15) is 13.5 Å². The van der Waals surface area contributed by atoms with Gasteiger partial charge in [-0.3, -0.25) is 14.1 Å². The van der Waals surface area contributed by atoms with Crippen LogP contribution in [0.5, 0.6) is 0 Å². The maximum absolute atomic E-state index is 12.5. The topological polar surface area (TPSA) is 203 Å². The van der Waals surface area contributed by atoms with E-state index in [-0.39, 0.29) is 31.8 Å². The Balaban J connectivity index is 1.53. The van der Waals surface area contributed by atoms with Crippen molar-refractivity contribution in [3.8, 4) is 0 Å². The van der Waals surface area contributed by atoms with Crippen LogP contribution in [0, 0.1) is 0 Å². The number of rotatable bonds is 10. The van der Waals surface area contributed by atoms with Crippen molar-refractivity contribution in [2.45, 2.75) is 44.3 Å². The van der Waals surface area contributed by atoms with Crippen molar-refractivity contribution < 1.29 is 31.6 Å². The summed E-state index contributed by atoms with van der Waals surface area (Å²) in [5.74, 6) is -0.383. The minimum atomic E-state index is -4.87. The highest BCUT2D eigenvalue weighted by molar-refractivity contribution is 7.80. The molecule has 0 aliphatic carbocycles. The van der Waals surface area contributed by atoms with Gasteiger partial charge in [0, 0.05) is 13.0 Å². The summed E-state index contributed by atoms with van der Waals surface area (Å²) in [6.45, 7) is 0.108. The molecule has 3 rings (SSSR count). The van der Waals surface area contributed by atoms with E-state index in [1.54, 1.807) is 0 Å². The van der Waals surface area contributed by atoms with Gasteiger partial charge in [-0.1, -0.05) is 0 Å². The molecule has 2 atom stereocenters. The zero-order valence-electron chi connectivity index (χ0n) is 15.9. The van der Waals surface area contributed by atoms with E-state index >= 15 is 0 Å². The summed E-state index contributed by atoms with van der Waals surface area (Å²) >= 11 is 0. The number of fused-ring (bicyclic) bond motifs is 2. The number of nitrogens with zero attached hydrogens (tertiary/aromatic N) is 6. The van der Waals surface area contributed by atoms with Gasteiger partial charge in [0.15, 0.2) is 11.6 Å². The molecular weight excluding hydrogens is 424 g/mol. The number of amides is 3. The molecule has 0 radical (unpaired) electrons. The second-order valence-corrected chi connectivity index (χ2v) is 7.92. The fourth-order valence-electron chi connectivity index (χ4n) is 3.42. The summed E-state index contributed by atoms with van der Waals surface area (Å²) in [5, 5.41) is 14.1. The number of hydrogen-bond donors (Lipinski definition) is 3. The molecule has 2 aliphatic heterocycles. The summed E-state index contributed by atoms with van der Waals surface area (Å²) in [5.41, 5.74) is 5.45. The number of nitrogens with two attached hydrogens (primary N) is 1. The maximum atomic E-state index is 12.5. The van der Waals surface area contributed by atoms with Crippen LogP contribution in [0.1, 0.15) is 25.1 Å². The zero-order chi connectivity index (χ0) is 21.9. The van der Waals surface area contributed by atoms with Gasteiger partial charge in [-0.25, -0.2) is 9.48 Å². The number of aryl methyl sites for hydroxylation is 1. The van der Waals surface area contributed by atoms with Gasteiger partial charge in [0.25, 0.3) is 0 Å². The number of hydroxylamine groups is 2. The normalized spacial score (nSPS) is 21.2. The summed E-state index contributed by atoms with van der Waals surface area (Å²) in [7, 11) is -4.87. The second kappa shape index (κ2) is 8.99. The van der Waals surface area contributed by atoms with Crippen LogP contribution in [0.3, 0.4) is 0 Å². The van der Waals surface area contributed by atoms with E-state index in [9.17, 15) is 22.8 Å². The van der Waals surface area contributed by atoms with Gasteiger partial charge in [0.05, 0.1) is 12.6 Å². The number of nitrogens with one attached hydrogen (secondary N) is 1. The number of ketones is 1. The highest BCUT2D eigenvalue weighted by Gasteiger charge is 2.49. The lowest BCUT2D eigenvalue weighted by Crippen LogP contribution is -2.50. The van der Waals surface area contributed by atoms with Crippen molar-refractivity contribution in [2.75, 3.05) is 19.6 Å². The van der Waals surface area contributed by atoms with Crippen molar-refractivity contribution in [3.63, 3.8) is 0 Å². The molecule has 166 valence electrons. The standard InChI is InChI=1S/C14H22N8O7S/c15-5-1-2-12-17-18-19-21(12)8-10(23)6-16-13(24)11-4-3-9-7-20(11)14(25)22(9)29-30(26,27)28/h9,11H,1-8,15H2,(H,16,24)(H,26,27,28)/t9-,11+/m1/s1. The number of Topliss-reactive ketones (excluding diaryl/α,β-unsaturated/α-hetero) is 1. The number of aromatic nitrogens is 4. The fourth-order valence-corrected chi connectivity index (χ4v) is 3.80. The lowest BCUT2D eigenvalue weighted by atomic mass is 10.0. The van der Waals surface area contributed by atoms with Gasteiger partial charge in [-0.15, -0.1) is 9.38 Å². The molecule has 15 nitrogen and oxygen atoms in total. The Morgan fingerprint density at radius 1 is 1.33 bits per heavy atom. The number of carbonyl (C=O) groups excluding carboxylic acids is 3. The Morgan fingerprint density at radius 3 is 2.80 bits per heavy atom. The molecule has 16 heteroatoms. The Labute approximate surface area is 171 Å². The minimum Gasteiger partial charge on any atom is -0.347 e. The summed E-state index contributed by atoms with van der Waals surface area (Å²) in [4.78, 5) is 38.2. The van der Waals surface area contributed by atoms with E-state index in [0.29, 0.717) is 36.7 Å². The van der Waals surface area contributed by atoms with Crippen LogP contribution in [-0.2, 0) is 37.2 Å². The maximum Gasteiger partial charge on any atom is 0.418 e. The molecular formula is C14H22N8O7S. The third-order valence-electron chi connectivity index (χ3n) is 4.80. The van der Waals surface area contributed by atoms with Crippen LogP contribution < -0.4 is 11.1 Å². The first-order valence-electron chi connectivity index (χ1n) is 9.21. The lowest BCUT2D eigenvalue weighted by Gasteiger charge is -2.29. The summed E-state index contributed by atoms with van der Waals surface area (Å²) in [6, 6.07) is -2.33. The zero-order valence-corrected chi connectivity index (χ0v) is 16.7. The fraction of sp³-hybridized carbons (Fsp3) is 0.714. The molecule has 2 fully saturated rings. The van der Waals surface area contributed by atoms with Crippen LogP contribution in [0.25, 0.3) is 0 Å². The molecule has 2 saturated heterocycles. The monoisotopic (exact) mass is 446 g/mol. The summed E-state index contributed by atoms with van der Waals surface area (Å²) in [6.07, 6.45) is 1.72. The first-order chi connectivity index (χ1) is 14.2. The minimum absolute atomic E-state index is 0.0650. The highest BCUT2D eigenvalue weighted by Crippen LogP contribution is 2.30. The van der Waals surface area contributed by atoms with Crippen LogP contribution in [0.2, 0.25) is 0 Å². The predicted octanol–water partition coefficient (Wildman–Crippen LogP) is -2.75. The van der Waals surface area contributed by atoms with Crippen LogP contribution in [0.4, 0.5) is 4.79 Å². The third-order valence-corrected chi connectivity index (χ3v) is 5.15. The average Bonchev–Trinajstić information content (AvgIpc) is 3.21. The molecule has 0 aromatic carbocycles. The van der Waals surface area contributed by atoms with E-state index in [4.69, 9.17) is 10.3 Å². The number of piperidine rings is 1. The molecule has 30 heavy (non-hydrogen) atoms. The molecule has 3 amide bonds. The van der Waals surface area contributed by atoms with Crippen LogP contribution in [-0.4, -0.2) is 92.6 Å². The summed E-state index contributed by atoms with van der Waals surface area (Å²) < 4.78 is 36.3. The quantitative estimate of drug-likeness (QED) is 0.314. The lowest BCUT2D eigenvalue weighted by molar-refractivity contribution is -0.129. The number of urea groups is 1. The largest absolute Gasteiger partial charge is 0.418 e. The van der Waals surface area contributed by atoms with Gasteiger partial charge < -0.3 is 16.0 Å². The van der Waals surface area contributed by atoms with E-state index in [2.05, 4.69) is 25.1 Å². The first kappa shape index (κ1) is 22.0. The van der Waals surface area contributed by atoms with Crippen molar-refractivity contribution in [1.82, 2.24) is 35.5 Å². The van der Waals surface area contributed by atoms with Gasteiger partial charge >= 0.3 is 16.4 Å². The van der Waals surface area contributed by atoms with Gasteiger partial charge in [0.2, 0.25) is 5.91 Å². The Bertz CT molecular complexity index is 919. The molecule has 4 N–H and O–H groups in total.